The van der Waals surface area contributed by atoms with Crippen LogP contribution in [-0.2, 0) is 4.79 Å². The lowest BCUT2D eigenvalue weighted by molar-refractivity contribution is -0.384. The van der Waals surface area contributed by atoms with E-state index in [4.69, 9.17) is 5.11 Å². The van der Waals surface area contributed by atoms with Gasteiger partial charge >= 0.3 is 0 Å². The summed E-state index contributed by atoms with van der Waals surface area (Å²) in [5, 5.41) is 59.2. The number of hydrogen-bond donors (Lipinski definition) is 3. The minimum absolute atomic E-state index is 0.135. The van der Waals surface area contributed by atoms with E-state index < -0.39 is 23.3 Å². The van der Waals surface area contributed by atoms with E-state index >= 15 is 0 Å². The molecule has 2 aromatic rings. The van der Waals surface area contributed by atoms with E-state index in [1.54, 1.807) is 35.2 Å². The Morgan fingerprint density at radius 1 is 1.24 bits per heavy atom. The SMILES string of the molecule is CCN(CC(O)CO)c1ccc(N=Nc2c(C#N)cc([N+](=O)[O-])cc2C#N)c(NC(C)=O)c1. The molecular formula is C21H21N7O5. The number of likely N-dealkylation sites (N-methyl/N-ethyl adjacent to an activating group) is 1. The van der Waals surface area contributed by atoms with Crippen molar-refractivity contribution in [1.82, 2.24) is 0 Å². The second kappa shape index (κ2) is 11.3. The summed E-state index contributed by atoms with van der Waals surface area (Å²) in [7, 11) is 0. The predicted molar refractivity (Wildman–Crippen MR) is 118 cm³/mol. The topological polar surface area (TPSA) is 188 Å². The molecule has 0 aromatic heterocycles. The molecule has 12 nitrogen and oxygen atoms in total. The molecule has 0 fully saturated rings. The number of nitrogens with one attached hydrogen (secondary N) is 1. The van der Waals surface area contributed by atoms with Crippen LogP contribution in [-0.4, -0.2) is 46.8 Å². The van der Waals surface area contributed by atoms with E-state index in [-0.39, 0.29) is 40.6 Å². The van der Waals surface area contributed by atoms with Crippen molar-refractivity contribution in [3.63, 3.8) is 0 Å². The van der Waals surface area contributed by atoms with Gasteiger partial charge in [-0.1, -0.05) is 0 Å². The van der Waals surface area contributed by atoms with Crippen LogP contribution in [0.1, 0.15) is 25.0 Å². The molecule has 0 radical (unpaired) electrons. The first-order valence-electron chi connectivity index (χ1n) is 9.73. The number of rotatable bonds is 9. The number of azo groups is 1. The van der Waals surface area contributed by atoms with Crippen molar-refractivity contribution in [3.05, 3.63) is 51.6 Å². The molecule has 170 valence electrons. The molecule has 3 N–H and O–H groups in total. The van der Waals surface area contributed by atoms with Crippen molar-refractivity contribution in [2.24, 2.45) is 10.2 Å². The Balaban J connectivity index is 2.53. The van der Waals surface area contributed by atoms with Crippen molar-refractivity contribution in [2.75, 3.05) is 29.9 Å². The number of anilines is 2. The Bertz CT molecular complexity index is 1130. The monoisotopic (exact) mass is 451 g/mol. The summed E-state index contributed by atoms with van der Waals surface area (Å²) in [6, 6.07) is 10.4. The lowest BCUT2D eigenvalue weighted by atomic mass is 10.1. The van der Waals surface area contributed by atoms with Gasteiger partial charge in [-0.15, -0.1) is 10.2 Å². The number of aliphatic hydroxyl groups is 2. The van der Waals surface area contributed by atoms with Crippen LogP contribution < -0.4 is 10.2 Å². The lowest BCUT2D eigenvalue weighted by Crippen LogP contribution is -2.34. The maximum Gasteiger partial charge on any atom is 0.272 e. The molecule has 0 aliphatic rings. The highest BCUT2D eigenvalue weighted by molar-refractivity contribution is 5.93. The molecule has 1 atom stereocenters. The van der Waals surface area contributed by atoms with Crippen LogP contribution in [0.15, 0.2) is 40.6 Å². The van der Waals surface area contributed by atoms with E-state index in [1.807, 2.05) is 6.92 Å². The Labute approximate surface area is 189 Å². The van der Waals surface area contributed by atoms with E-state index in [9.17, 15) is 30.5 Å². The highest BCUT2D eigenvalue weighted by Gasteiger charge is 2.18. The van der Waals surface area contributed by atoms with E-state index in [0.717, 1.165) is 12.1 Å². The van der Waals surface area contributed by atoms with Gasteiger partial charge in [0.25, 0.3) is 5.69 Å². The number of hydrogen-bond acceptors (Lipinski definition) is 10. The van der Waals surface area contributed by atoms with Crippen molar-refractivity contribution in [2.45, 2.75) is 20.0 Å². The number of benzene rings is 2. The Hall–Kier alpha value is -4.39. The van der Waals surface area contributed by atoms with Gasteiger partial charge in [-0.25, -0.2) is 0 Å². The summed E-state index contributed by atoms with van der Waals surface area (Å²) in [6.07, 6.45) is -0.954. The quantitative estimate of drug-likeness (QED) is 0.294. The molecule has 0 bridgehead atoms. The summed E-state index contributed by atoms with van der Waals surface area (Å²) in [4.78, 5) is 23.8. The van der Waals surface area contributed by atoms with Crippen LogP contribution in [0.25, 0.3) is 0 Å². The molecule has 0 aliphatic carbocycles. The molecule has 0 spiro atoms. The number of aliphatic hydroxyl groups excluding tert-OH is 2. The highest BCUT2D eigenvalue weighted by Crippen LogP contribution is 2.34. The first kappa shape index (κ1) is 24.9. The molecule has 1 amide bonds. The van der Waals surface area contributed by atoms with Gasteiger partial charge in [0.2, 0.25) is 5.91 Å². The zero-order chi connectivity index (χ0) is 24.5. The standard InChI is InChI=1S/C21H21N7O5/c1-3-27(11-18(31)12-29)16-4-5-19(20(8-16)24-13(2)30)25-26-21-14(9-22)6-17(28(32)33)7-15(21)10-23/h4-8,18,29,31H,3,11-12H2,1-2H3,(H,24,30). The van der Waals surface area contributed by atoms with E-state index in [1.165, 1.54) is 6.92 Å². The molecule has 1 unspecified atom stereocenters. The van der Waals surface area contributed by atoms with Gasteiger partial charge in [-0.3, -0.25) is 14.9 Å². The summed E-state index contributed by atoms with van der Waals surface area (Å²) in [5.41, 5.74) is 0.173. The van der Waals surface area contributed by atoms with Gasteiger partial charge in [-0.2, -0.15) is 10.5 Å². The molecule has 0 heterocycles. The normalized spacial score (nSPS) is 11.5. The Morgan fingerprint density at radius 3 is 2.36 bits per heavy atom. The fourth-order valence-corrected chi connectivity index (χ4v) is 2.93. The Kier molecular flexibility index (Phi) is 8.51. The van der Waals surface area contributed by atoms with Gasteiger partial charge in [0.05, 0.1) is 34.4 Å². The van der Waals surface area contributed by atoms with Crippen LogP contribution in [0.5, 0.6) is 0 Å². The fraction of sp³-hybridized carbons (Fsp3) is 0.286. The van der Waals surface area contributed by atoms with Crippen LogP contribution in [0.4, 0.5) is 28.4 Å². The average Bonchev–Trinajstić information content (AvgIpc) is 2.80. The number of nitro groups is 1. The minimum Gasteiger partial charge on any atom is -0.394 e. The number of non-ortho nitro benzene ring substituents is 1. The maximum absolute atomic E-state index is 11.7. The third kappa shape index (κ3) is 6.30. The molecule has 0 aliphatic heterocycles. The first-order chi connectivity index (χ1) is 15.7. The molecule has 2 rings (SSSR count). The summed E-state index contributed by atoms with van der Waals surface area (Å²) >= 11 is 0. The number of carbonyl (C=O) groups excluding carboxylic acids is 1. The van der Waals surface area contributed by atoms with Crippen LogP contribution in [0.3, 0.4) is 0 Å². The number of amides is 1. The summed E-state index contributed by atoms with van der Waals surface area (Å²) in [6.45, 7) is 3.43. The maximum atomic E-state index is 11.7. The predicted octanol–water partition coefficient (Wildman–Crippen LogP) is 2.89. The molecule has 2 aromatic carbocycles. The Morgan fingerprint density at radius 2 is 1.88 bits per heavy atom. The van der Waals surface area contributed by atoms with Crippen molar-refractivity contribution >= 4 is 34.3 Å². The number of carbonyl (C=O) groups is 1. The lowest BCUT2D eigenvalue weighted by Gasteiger charge is -2.26. The van der Waals surface area contributed by atoms with Crippen LogP contribution in [0, 0.1) is 32.8 Å². The minimum atomic E-state index is -0.954. The molecule has 0 saturated heterocycles. The van der Waals surface area contributed by atoms with Crippen LogP contribution in [0.2, 0.25) is 0 Å². The van der Waals surface area contributed by atoms with Gasteiger partial charge in [0.1, 0.15) is 23.5 Å². The highest BCUT2D eigenvalue weighted by atomic mass is 16.6. The molecule has 33 heavy (non-hydrogen) atoms. The smallest absolute Gasteiger partial charge is 0.272 e. The summed E-state index contributed by atoms with van der Waals surface area (Å²) < 4.78 is 0. The number of nitro benzene ring substituents is 1. The van der Waals surface area contributed by atoms with Crippen LogP contribution >= 0.6 is 0 Å². The average molecular weight is 451 g/mol. The molecular weight excluding hydrogens is 430 g/mol. The van der Waals surface area contributed by atoms with Crippen molar-refractivity contribution in [3.8, 4) is 12.1 Å². The van der Waals surface area contributed by atoms with Gasteiger partial charge in [0, 0.05) is 37.8 Å². The largest absolute Gasteiger partial charge is 0.394 e. The second-order valence-electron chi connectivity index (χ2n) is 6.83. The second-order valence-corrected chi connectivity index (χ2v) is 6.83. The number of nitriles is 2. The zero-order valence-electron chi connectivity index (χ0n) is 17.9. The van der Waals surface area contributed by atoms with Gasteiger partial charge < -0.3 is 20.4 Å². The fourth-order valence-electron chi connectivity index (χ4n) is 2.93. The number of nitrogens with zero attached hydrogens (tertiary/aromatic N) is 6. The van der Waals surface area contributed by atoms with Crippen molar-refractivity contribution < 1.29 is 19.9 Å². The first-order valence-corrected chi connectivity index (χ1v) is 9.73. The zero-order valence-corrected chi connectivity index (χ0v) is 17.9. The molecule has 0 saturated carbocycles. The van der Waals surface area contributed by atoms with Gasteiger partial charge in [0.15, 0.2) is 0 Å². The van der Waals surface area contributed by atoms with Gasteiger partial charge in [-0.05, 0) is 25.1 Å². The van der Waals surface area contributed by atoms with E-state index in [0.29, 0.717) is 12.2 Å². The van der Waals surface area contributed by atoms with E-state index in [2.05, 4.69) is 15.5 Å². The summed E-state index contributed by atoms with van der Waals surface area (Å²) in [5.74, 6) is -0.382. The third-order valence-electron chi connectivity index (χ3n) is 4.48. The molecule has 12 heteroatoms. The third-order valence-corrected chi connectivity index (χ3v) is 4.48. The van der Waals surface area contributed by atoms with Crippen molar-refractivity contribution in [1.29, 1.82) is 10.5 Å².